The number of nitrogens with zero attached hydrogens (tertiary/aromatic N) is 1. The van der Waals surface area contributed by atoms with Gasteiger partial charge in [-0.05, 0) is 54.0 Å². The zero-order valence-corrected chi connectivity index (χ0v) is 15.2. The molecule has 0 saturated heterocycles. The van der Waals surface area contributed by atoms with E-state index < -0.39 is 11.8 Å². The minimum Gasteiger partial charge on any atom is -0.497 e. The Hall–Kier alpha value is -3.45. The van der Waals surface area contributed by atoms with Gasteiger partial charge in [0.2, 0.25) is 0 Å². The van der Waals surface area contributed by atoms with E-state index in [1.54, 1.807) is 55.6 Å². The number of anilines is 1. The Morgan fingerprint density at radius 3 is 2.07 bits per heavy atom. The van der Waals surface area contributed by atoms with Gasteiger partial charge in [-0.25, -0.2) is 0 Å². The van der Waals surface area contributed by atoms with E-state index in [2.05, 4.69) is 10.7 Å². The molecule has 0 saturated carbocycles. The predicted octanol–water partition coefficient (Wildman–Crippen LogP) is 3.35. The van der Waals surface area contributed by atoms with Crippen LogP contribution in [0.1, 0.15) is 20.7 Å². The molecule has 0 bridgehead atoms. The summed E-state index contributed by atoms with van der Waals surface area (Å²) in [6, 6.07) is 17.9. The number of amides is 2. The molecule has 2 amide bonds. The van der Waals surface area contributed by atoms with Crippen molar-refractivity contribution in [2.24, 2.45) is 0 Å². The van der Waals surface area contributed by atoms with E-state index in [1.165, 1.54) is 0 Å². The summed E-state index contributed by atoms with van der Waals surface area (Å²) in [5.74, 6) is -0.170. The lowest BCUT2D eigenvalue weighted by Crippen LogP contribution is -2.52. The summed E-state index contributed by atoms with van der Waals surface area (Å²) < 4.78 is 5.11. The number of hydrazine groups is 1. The average Bonchev–Trinajstić information content (AvgIpc) is 2.70. The van der Waals surface area contributed by atoms with Gasteiger partial charge in [0.1, 0.15) is 5.75 Å². The largest absolute Gasteiger partial charge is 0.497 e. The summed E-state index contributed by atoms with van der Waals surface area (Å²) in [4.78, 5) is 25.6. The molecule has 134 valence electrons. The summed E-state index contributed by atoms with van der Waals surface area (Å²) in [6.07, 6.45) is 0. The molecule has 0 atom stereocenters. The number of benzene rings is 3. The van der Waals surface area contributed by atoms with Gasteiger partial charge in [0.05, 0.1) is 18.2 Å². The van der Waals surface area contributed by atoms with Crippen LogP contribution in [0.3, 0.4) is 0 Å². The van der Waals surface area contributed by atoms with Gasteiger partial charge in [-0.3, -0.25) is 15.0 Å². The van der Waals surface area contributed by atoms with Crippen LogP contribution in [0.15, 0.2) is 60.7 Å². The van der Waals surface area contributed by atoms with Crippen molar-refractivity contribution in [3.05, 3.63) is 71.8 Å². The third-order valence-electron chi connectivity index (χ3n) is 4.33. The van der Waals surface area contributed by atoms with Crippen LogP contribution in [0, 0.1) is 0 Å². The lowest BCUT2D eigenvalue weighted by atomic mass is 9.95. The maximum Gasteiger partial charge on any atom is 0.280 e. The Kier molecular flexibility index (Phi) is 4.21. The zero-order valence-electron chi connectivity index (χ0n) is 14.4. The smallest absolute Gasteiger partial charge is 0.280 e. The number of nitrogens with one attached hydrogen (secondary N) is 2. The molecule has 27 heavy (non-hydrogen) atoms. The van der Waals surface area contributed by atoms with Crippen LogP contribution in [0.5, 0.6) is 5.75 Å². The van der Waals surface area contributed by atoms with E-state index in [-0.39, 0.29) is 5.11 Å². The highest BCUT2D eigenvalue weighted by Crippen LogP contribution is 2.29. The molecule has 1 aliphatic rings. The predicted molar refractivity (Wildman–Crippen MR) is 107 cm³/mol. The molecule has 0 radical (unpaired) electrons. The molecule has 0 fully saturated rings. The summed E-state index contributed by atoms with van der Waals surface area (Å²) in [7, 11) is 1.58. The van der Waals surface area contributed by atoms with Gasteiger partial charge in [0, 0.05) is 11.1 Å². The maximum absolute atomic E-state index is 12.8. The Balaban J connectivity index is 1.58. The van der Waals surface area contributed by atoms with Gasteiger partial charge < -0.3 is 10.1 Å². The van der Waals surface area contributed by atoms with E-state index in [0.29, 0.717) is 28.0 Å². The molecule has 1 aliphatic heterocycles. The third-order valence-corrected chi connectivity index (χ3v) is 4.53. The lowest BCUT2D eigenvalue weighted by Gasteiger charge is -2.28. The summed E-state index contributed by atoms with van der Waals surface area (Å²) >= 11 is 5.26. The second-order valence-electron chi connectivity index (χ2n) is 5.95. The van der Waals surface area contributed by atoms with Gasteiger partial charge in [-0.15, -0.1) is 0 Å². The fraction of sp³-hybridized carbons (Fsp3) is 0.0500. The van der Waals surface area contributed by atoms with E-state index in [9.17, 15) is 9.59 Å². The molecule has 0 aromatic heterocycles. The maximum atomic E-state index is 12.8. The summed E-state index contributed by atoms with van der Waals surface area (Å²) in [5, 5.41) is 5.54. The first kappa shape index (κ1) is 17.0. The topological polar surface area (TPSA) is 70.7 Å². The minimum absolute atomic E-state index is 0.133. The van der Waals surface area contributed by atoms with Gasteiger partial charge in [-0.1, -0.05) is 24.3 Å². The van der Waals surface area contributed by atoms with Crippen molar-refractivity contribution >= 4 is 45.6 Å². The Bertz CT molecular complexity index is 1030. The summed E-state index contributed by atoms with van der Waals surface area (Å²) in [5.41, 5.74) is 4.33. The minimum atomic E-state index is -0.441. The molecule has 4 rings (SSSR count). The molecule has 2 N–H and O–H groups in total. The Morgan fingerprint density at radius 2 is 1.52 bits per heavy atom. The number of rotatable bonds is 3. The number of methoxy groups -OCH3 is 1. The van der Waals surface area contributed by atoms with Crippen molar-refractivity contribution in [2.75, 3.05) is 12.4 Å². The molecule has 3 aromatic rings. The highest BCUT2D eigenvalue weighted by atomic mass is 32.1. The van der Waals surface area contributed by atoms with Crippen LogP contribution in [0.4, 0.5) is 5.69 Å². The molecular weight excluding hydrogens is 362 g/mol. The molecule has 0 spiro atoms. The number of thiocarbonyl (C=S) groups is 1. The highest BCUT2D eigenvalue weighted by molar-refractivity contribution is 7.80. The number of ether oxygens (including phenoxy) is 1. The lowest BCUT2D eigenvalue weighted by molar-refractivity contribution is 0.0568. The van der Waals surface area contributed by atoms with Crippen LogP contribution in [-0.4, -0.2) is 29.0 Å². The monoisotopic (exact) mass is 377 g/mol. The second kappa shape index (κ2) is 6.69. The molecular formula is C20H15N3O3S. The van der Waals surface area contributed by atoms with Crippen molar-refractivity contribution in [1.82, 2.24) is 10.4 Å². The number of hydrogen-bond acceptors (Lipinski definition) is 4. The van der Waals surface area contributed by atoms with E-state index in [0.717, 1.165) is 10.4 Å². The quantitative estimate of drug-likeness (QED) is 0.539. The average molecular weight is 377 g/mol. The van der Waals surface area contributed by atoms with Crippen LogP contribution in [0.2, 0.25) is 0 Å². The highest BCUT2D eigenvalue weighted by Gasteiger charge is 2.33. The fourth-order valence-electron chi connectivity index (χ4n) is 3.07. The second-order valence-corrected chi connectivity index (χ2v) is 6.36. The summed E-state index contributed by atoms with van der Waals surface area (Å²) in [6.45, 7) is 0. The number of carbonyl (C=O) groups excluding carboxylic acids is 2. The van der Waals surface area contributed by atoms with E-state index in [1.807, 2.05) is 12.1 Å². The Morgan fingerprint density at radius 1 is 0.926 bits per heavy atom. The van der Waals surface area contributed by atoms with Gasteiger partial charge >= 0.3 is 0 Å². The van der Waals surface area contributed by atoms with Crippen molar-refractivity contribution in [3.8, 4) is 5.75 Å². The number of hydrogen-bond donors (Lipinski definition) is 2. The van der Waals surface area contributed by atoms with Gasteiger partial charge in [0.15, 0.2) is 5.11 Å². The van der Waals surface area contributed by atoms with Gasteiger partial charge in [-0.2, -0.15) is 5.01 Å². The first-order chi connectivity index (χ1) is 13.1. The fourth-order valence-corrected chi connectivity index (χ4v) is 3.28. The van der Waals surface area contributed by atoms with Crippen molar-refractivity contribution in [1.29, 1.82) is 0 Å². The van der Waals surface area contributed by atoms with Crippen molar-refractivity contribution < 1.29 is 14.3 Å². The molecule has 1 heterocycles. The van der Waals surface area contributed by atoms with E-state index >= 15 is 0 Å². The third kappa shape index (κ3) is 2.98. The Labute approximate surface area is 160 Å². The number of carbonyl (C=O) groups is 2. The molecule has 3 aromatic carbocycles. The number of imide groups is 1. The molecule has 6 nitrogen and oxygen atoms in total. The van der Waals surface area contributed by atoms with Crippen molar-refractivity contribution in [2.45, 2.75) is 0 Å². The standard InChI is InChI=1S/C20H15N3O3S/c1-26-14-10-8-13(9-11-14)21-20(27)22-23-18(24)15-6-2-4-12-5-3-7-16(17(12)15)19(23)25/h2-11H,1H3,(H2,21,22,27). The van der Waals surface area contributed by atoms with Crippen LogP contribution in [-0.2, 0) is 0 Å². The molecule has 0 unspecified atom stereocenters. The molecule has 7 heteroatoms. The van der Waals surface area contributed by atoms with Crippen LogP contribution in [0.25, 0.3) is 10.8 Å². The first-order valence-electron chi connectivity index (χ1n) is 8.20. The SMILES string of the molecule is COc1ccc(NC(=S)NN2C(=O)c3cccc4cccc(c34)C2=O)cc1. The zero-order chi connectivity index (χ0) is 19.0. The van der Waals surface area contributed by atoms with Gasteiger partial charge in [0.25, 0.3) is 11.8 Å². The normalized spacial score (nSPS) is 12.9. The van der Waals surface area contributed by atoms with Crippen molar-refractivity contribution in [3.63, 3.8) is 0 Å². The van der Waals surface area contributed by atoms with Crippen LogP contribution < -0.4 is 15.5 Å². The van der Waals surface area contributed by atoms with E-state index in [4.69, 9.17) is 17.0 Å². The first-order valence-corrected chi connectivity index (χ1v) is 8.61. The van der Waals surface area contributed by atoms with Crippen LogP contribution >= 0.6 is 12.2 Å². The molecule has 0 aliphatic carbocycles.